The van der Waals surface area contributed by atoms with E-state index in [0.29, 0.717) is 13.2 Å². The minimum atomic E-state index is -0.475. The third-order valence-electron chi connectivity index (χ3n) is 7.28. The number of hydrogen-bond acceptors (Lipinski definition) is 5. The van der Waals surface area contributed by atoms with Gasteiger partial charge >= 0.3 is 0 Å². The van der Waals surface area contributed by atoms with E-state index in [1.807, 2.05) is 34.8 Å². The van der Waals surface area contributed by atoms with E-state index in [4.69, 9.17) is 9.84 Å². The summed E-state index contributed by atoms with van der Waals surface area (Å²) in [5.41, 5.74) is 2.40. The highest BCUT2D eigenvalue weighted by atomic mass is 16.5. The van der Waals surface area contributed by atoms with Crippen LogP contribution in [-0.2, 0) is 20.4 Å². The molecule has 3 aromatic rings. The summed E-state index contributed by atoms with van der Waals surface area (Å²) in [7, 11) is 0. The number of ether oxygens (including phenoxy) is 1. The van der Waals surface area contributed by atoms with Crippen LogP contribution in [0.4, 0.5) is 0 Å². The van der Waals surface area contributed by atoms with E-state index >= 15 is 0 Å². The van der Waals surface area contributed by atoms with Crippen LogP contribution >= 0.6 is 0 Å². The van der Waals surface area contributed by atoms with Crippen LogP contribution in [0.2, 0.25) is 0 Å². The predicted molar refractivity (Wildman–Crippen MR) is 126 cm³/mol. The van der Waals surface area contributed by atoms with Crippen molar-refractivity contribution in [1.29, 1.82) is 0 Å². The number of benzene rings is 1. The van der Waals surface area contributed by atoms with Gasteiger partial charge in [0.25, 0.3) is 0 Å². The summed E-state index contributed by atoms with van der Waals surface area (Å²) in [5.74, 6) is 1.40. The summed E-state index contributed by atoms with van der Waals surface area (Å²) < 4.78 is 7.54. The maximum Gasteiger partial charge on any atom is 0.233 e. The van der Waals surface area contributed by atoms with Gasteiger partial charge in [0.15, 0.2) is 11.5 Å². The number of piperidine rings is 1. The summed E-state index contributed by atoms with van der Waals surface area (Å²) in [5, 5.41) is 13.7. The SMILES string of the molecule is CC(C)(C)c1ccc2nnc(C3CCN(C(=O)C4(c5ccccc5)CCOCC4)CC3)n2n1. The highest BCUT2D eigenvalue weighted by molar-refractivity contribution is 5.88. The van der Waals surface area contributed by atoms with Gasteiger partial charge in [-0.05, 0) is 43.4 Å². The standard InChI is InChI=1S/C26H33N5O2/c1-25(2,3)21-9-10-22-27-28-23(31(22)29-21)19-11-15-30(16-12-19)24(32)26(13-17-33-18-14-26)20-7-5-4-6-8-20/h4-10,19H,11-18H2,1-3H3. The molecular formula is C26H33N5O2. The van der Waals surface area contributed by atoms with Crippen molar-refractivity contribution in [2.75, 3.05) is 26.3 Å². The lowest BCUT2D eigenvalue weighted by atomic mass is 9.72. The van der Waals surface area contributed by atoms with Crippen molar-refractivity contribution in [3.63, 3.8) is 0 Å². The Morgan fingerprint density at radius 3 is 2.36 bits per heavy atom. The lowest BCUT2D eigenvalue weighted by Gasteiger charge is -2.42. The van der Waals surface area contributed by atoms with E-state index in [1.165, 1.54) is 0 Å². The number of likely N-dealkylation sites (tertiary alicyclic amines) is 1. The van der Waals surface area contributed by atoms with Gasteiger partial charge in [0.1, 0.15) is 0 Å². The van der Waals surface area contributed by atoms with Crippen molar-refractivity contribution in [2.45, 2.75) is 63.2 Å². The molecule has 7 heteroatoms. The van der Waals surface area contributed by atoms with Crippen LogP contribution in [0.15, 0.2) is 42.5 Å². The first-order chi connectivity index (χ1) is 15.9. The maximum atomic E-state index is 13.9. The molecule has 0 aliphatic carbocycles. The quantitative estimate of drug-likeness (QED) is 0.609. The van der Waals surface area contributed by atoms with Crippen LogP contribution in [0.25, 0.3) is 5.65 Å². The summed E-state index contributed by atoms with van der Waals surface area (Å²) in [4.78, 5) is 15.9. The van der Waals surface area contributed by atoms with Crippen molar-refractivity contribution in [3.05, 3.63) is 59.5 Å². The first-order valence-corrected chi connectivity index (χ1v) is 12.0. The molecule has 0 radical (unpaired) electrons. The molecule has 0 bridgehead atoms. The number of amides is 1. The van der Waals surface area contributed by atoms with Crippen LogP contribution in [0.5, 0.6) is 0 Å². The Labute approximate surface area is 195 Å². The van der Waals surface area contributed by atoms with Crippen molar-refractivity contribution in [3.8, 4) is 0 Å². The van der Waals surface area contributed by atoms with Gasteiger partial charge in [-0.25, -0.2) is 0 Å². The highest BCUT2D eigenvalue weighted by Gasteiger charge is 2.44. The third-order valence-corrected chi connectivity index (χ3v) is 7.28. The lowest BCUT2D eigenvalue weighted by Crippen LogP contribution is -2.52. The minimum absolute atomic E-state index is 0.0407. The van der Waals surface area contributed by atoms with E-state index < -0.39 is 5.41 Å². The molecule has 4 heterocycles. The normalized spacial score (nSPS) is 19.7. The molecule has 5 rings (SSSR count). The van der Waals surface area contributed by atoms with E-state index in [2.05, 4.69) is 48.0 Å². The molecule has 1 amide bonds. The number of carbonyl (C=O) groups excluding carboxylic acids is 1. The van der Waals surface area contributed by atoms with Crippen molar-refractivity contribution in [1.82, 2.24) is 24.7 Å². The van der Waals surface area contributed by atoms with Gasteiger partial charge in [0.2, 0.25) is 5.91 Å². The molecular weight excluding hydrogens is 414 g/mol. The molecule has 0 atom stereocenters. The predicted octanol–water partition coefficient (Wildman–Crippen LogP) is 3.88. The smallest absolute Gasteiger partial charge is 0.233 e. The molecule has 2 aliphatic heterocycles. The summed E-state index contributed by atoms with van der Waals surface area (Å²) in [6, 6.07) is 14.3. The van der Waals surface area contributed by atoms with E-state index in [0.717, 1.165) is 61.5 Å². The first-order valence-electron chi connectivity index (χ1n) is 12.0. The van der Waals surface area contributed by atoms with Gasteiger partial charge in [-0.3, -0.25) is 4.79 Å². The molecule has 33 heavy (non-hydrogen) atoms. The maximum absolute atomic E-state index is 13.9. The van der Waals surface area contributed by atoms with Crippen LogP contribution in [-0.4, -0.2) is 56.9 Å². The van der Waals surface area contributed by atoms with Gasteiger partial charge in [0.05, 0.1) is 11.1 Å². The third kappa shape index (κ3) is 4.03. The summed E-state index contributed by atoms with van der Waals surface area (Å²) in [6.45, 7) is 9.20. The number of fused-ring (bicyclic) bond motifs is 1. The van der Waals surface area contributed by atoms with E-state index in [-0.39, 0.29) is 17.2 Å². The molecule has 174 valence electrons. The number of rotatable bonds is 3. The molecule has 7 nitrogen and oxygen atoms in total. The van der Waals surface area contributed by atoms with Crippen LogP contribution in [0.1, 0.15) is 69.5 Å². The van der Waals surface area contributed by atoms with E-state index in [9.17, 15) is 4.79 Å². The number of carbonyl (C=O) groups is 1. The second-order valence-electron chi connectivity index (χ2n) is 10.4. The second kappa shape index (κ2) is 8.52. The fourth-order valence-electron chi connectivity index (χ4n) is 5.21. The second-order valence-corrected chi connectivity index (χ2v) is 10.4. The van der Waals surface area contributed by atoms with Crippen molar-refractivity contribution in [2.24, 2.45) is 0 Å². The number of hydrogen-bond donors (Lipinski definition) is 0. The van der Waals surface area contributed by atoms with Gasteiger partial charge in [-0.15, -0.1) is 10.2 Å². The van der Waals surface area contributed by atoms with Crippen molar-refractivity contribution < 1.29 is 9.53 Å². The zero-order valence-electron chi connectivity index (χ0n) is 19.8. The topological polar surface area (TPSA) is 72.6 Å². The first kappa shape index (κ1) is 22.0. The molecule has 2 aliphatic rings. The van der Waals surface area contributed by atoms with Gasteiger partial charge < -0.3 is 9.64 Å². The molecule has 0 saturated carbocycles. The van der Waals surface area contributed by atoms with Gasteiger partial charge in [-0.1, -0.05) is 51.1 Å². The van der Waals surface area contributed by atoms with Gasteiger partial charge in [0, 0.05) is 37.6 Å². The molecule has 0 unspecified atom stereocenters. The Balaban J connectivity index is 1.35. The molecule has 0 N–H and O–H groups in total. The fourth-order valence-corrected chi connectivity index (χ4v) is 5.21. The fraction of sp³-hybridized carbons (Fsp3) is 0.538. The zero-order chi connectivity index (χ0) is 23.1. The van der Waals surface area contributed by atoms with Crippen LogP contribution in [0, 0.1) is 0 Å². The Hall–Kier alpha value is -2.80. The molecule has 0 spiro atoms. The Morgan fingerprint density at radius 2 is 1.70 bits per heavy atom. The Bertz CT molecular complexity index is 1120. The van der Waals surface area contributed by atoms with E-state index in [1.54, 1.807) is 0 Å². The lowest BCUT2D eigenvalue weighted by molar-refractivity contribution is -0.142. The Morgan fingerprint density at radius 1 is 1.00 bits per heavy atom. The molecule has 1 aromatic carbocycles. The Kier molecular flexibility index (Phi) is 5.69. The molecule has 2 fully saturated rings. The summed E-state index contributed by atoms with van der Waals surface area (Å²) >= 11 is 0. The zero-order valence-corrected chi connectivity index (χ0v) is 19.8. The minimum Gasteiger partial charge on any atom is -0.381 e. The number of nitrogens with zero attached hydrogens (tertiary/aromatic N) is 5. The van der Waals surface area contributed by atoms with Crippen molar-refractivity contribution >= 4 is 11.6 Å². The molecule has 2 aromatic heterocycles. The van der Waals surface area contributed by atoms with Gasteiger partial charge in [-0.2, -0.15) is 9.61 Å². The molecule has 2 saturated heterocycles. The summed E-state index contributed by atoms with van der Waals surface area (Å²) in [6.07, 6.45) is 3.22. The highest BCUT2D eigenvalue weighted by Crippen LogP contribution is 2.38. The number of aromatic nitrogens is 4. The average molecular weight is 448 g/mol. The monoisotopic (exact) mass is 447 g/mol. The van der Waals surface area contributed by atoms with Crippen LogP contribution < -0.4 is 0 Å². The van der Waals surface area contributed by atoms with Crippen LogP contribution in [0.3, 0.4) is 0 Å². The largest absolute Gasteiger partial charge is 0.381 e. The average Bonchev–Trinajstić information content (AvgIpc) is 3.27.